The van der Waals surface area contributed by atoms with Crippen LogP contribution in [0.25, 0.3) is 11.2 Å². The summed E-state index contributed by atoms with van der Waals surface area (Å²) in [5, 5.41) is 13.4. The third kappa shape index (κ3) is 5.05. The second-order valence-corrected chi connectivity index (χ2v) is 12.7. The van der Waals surface area contributed by atoms with Gasteiger partial charge in [-0.25, -0.2) is 14.8 Å². The summed E-state index contributed by atoms with van der Waals surface area (Å²) < 4.78 is 2.38. The van der Waals surface area contributed by atoms with Gasteiger partial charge in [0.05, 0.1) is 0 Å². The summed E-state index contributed by atoms with van der Waals surface area (Å²) in [6, 6.07) is 0.244. The lowest BCUT2D eigenvalue weighted by Gasteiger charge is -2.42. The van der Waals surface area contributed by atoms with Gasteiger partial charge in [-0.2, -0.15) is 4.98 Å². The number of hydrogen-bond donors (Lipinski definition) is 2. The standard InChI is InChI=1S/C29H44N6O2/c1-18-10-12-20(13-11-18)16-35-24-25(30-19(2)21-8-5-9-21)31-27(28(36)37)32-26(24)33-29(35)34-15-14-22-6-3-4-7-23(22)17-34/h18-23H,3-17H2,1-2H3,(H,36,37)(H,30,31,32)/t18-,19-,20-,22?,23?/m1/s1. The highest BCUT2D eigenvalue weighted by molar-refractivity contribution is 5.91. The fraction of sp³-hybridized carbons (Fsp3) is 0.793. The molecule has 0 bridgehead atoms. The minimum atomic E-state index is -1.10. The highest BCUT2D eigenvalue weighted by Crippen LogP contribution is 2.40. The number of nitrogens with zero attached hydrogens (tertiary/aromatic N) is 5. The smallest absolute Gasteiger partial charge is 0.374 e. The van der Waals surface area contributed by atoms with E-state index >= 15 is 0 Å². The van der Waals surface area contributed by atoms with E-state index in [1.54, 1.807) is 0 Å². The van der Waals surface area contributed by atoms with Gasteiger partial charge in [0.2, 0.25) is 11.8 Å². The van der Waals surface area contributed by atoms with Gasteiger partial charge in [0, 0.05) is 25.7 Å². The van der Waals surface area contributed by atoms with Crippen molar-refractivity contribution >= 4 is 28.9 Å². The molecule has 3 aliphatic carbocycles. The predicted molar refractivity (Wildman–Crippen MR) is 146 cm³/mol. The normalized spacial score (nSPS) is 29.5. The second kappa shape index (κ2) is 10.4. The number of nitrogens with one attached hydrogen (secondary N) is 1. The molecule has 37 heavy (non-hydrogen) atoms. The molecular weight excluding hydrogens is 464 g/mol. The Labute approximate surface area is 220 Å². The van der Waals surface area contributed by atoms with Crippen LogP contribution in [0.5, 0.6) is 0 Å². The first-order valence-corrected chi connectivity index (χ1v) is 15.0. The molecule has 4 aliphatic rings. The lowest BCUT2D eigenvalue weighted by Crippen LogP contribution is -2.43. The van der Waals surface area contributed by atoms with Crippen molar-refractivity contribution < 1.29 is 9.90 Å². The highest BCUT2D eigenvalue weighted by Gasteiger charge is 2.35. The van der Waals surface area contributed by atoms with Gasteiger partial charge in [-0.15, -0.1) is 0 Å². The maximum atomic E-state index is 12.0. The summed E-state index contributed by atoms with van der Waals surface area (Å²) in [4.78, 5) is 28.6. The summed E-state index contributed by atoms with van der Waals surface area (Å²) in [7, 11) is 0. The number of carboxylic acids is 1. The third-order valence-electron chi connectivity index (χ3n) is 10.1. The molecule has 0 radical (unpaired) electrons. The van der Waals surface area contributed by atoms with Crippen LogP contribution in [0, 0.1) is 29.6 Å². The predicted octanol–water partition coefficient (Wildman–Crippen LogP) is 5.97. The van der Waals surface area contributed by atoms with Gasteiger partial charge >= 0.3 is 5.97 Å². The first kappa shape index (κ1) is 24.9. The van der Waals surface area contributed by atoms with E-state index in [1.807, 2.05) is 0 Å². The molecular formula is C29H44N6O2. The lowest BCUT2D eigenvalue weighted by atomic mass is 9.75. The van der Waals surface area contributed by atoms with Crippen molar-refractivity contribution in [1.29, 1.82) is 0 Å². The average Bonchev–Trinajstić information content (AvgIpc) is 3.22. The van der Waals surface area contributed by atoms with E-state index in [-0.39, 0.29) is 11.9 Å². The average molecular weight is 509 g/mol. The van der Waals surface area contributed by atoms with E-state index < -0.39 is 5.97 Å². The molecule has 8 heteroatoms. The molecule has 4 fully saturated rings. The highest BCUT2D eigenvalue weighted by atomic mass is 16.4. The van der Waals surface area contributed by atoms with Gasteiger partial charge in [-0.05, 0) is 75.0 Å². The van der Waals surface area contributed by atoms with Gasteiger partial charge in [0.25, 0.3) is 0 Å². The first-order valence-electron chi connectivity index (χ1n) is 15.0. The minimum absolute atomic E-state index is 0.163. The van der Waals surface area contributed by atoms with Crippen molar-refractivity contribution in [2.45, 2.75) is 103 Å². The quantitative estimate of drug-likeness (QED) is 0.476. The van der Waals surface area contributed by atoms with Crippen molar-refractivity contribution in [2.75, 3.05) is 23.3 Å². The van der Waals surface area contributed by atoms with Crippen LogP contribution in [-0.2, 0) is 6.54 Å². The molecule has 1 saturated heterocycles. The zero-order valence-electron chi connectivity index (χ0n) is 22.7. The monoisotopic (exact) mass is 508 g/mol. The summed E-state index contributed by atoms with van der Waals surface area (Å²) >= 11 is 0. The molecule has 1 aliphatic heterocycles. The zero-order chi connectivity index (χ0) is 25.5. The molecule has 6 rings (SSSR count). The van der Waals surface area contributed by atoms with E-state index in [0.29, 0.717) is 23.3 Å². The van der Waals surface area contributed by atoms with E-state index in [2.05, 4.69) is 38.6 Å². The largest absolute Gasteiger partial charge is 0.475 e. The maximum Gasteiger partial charge on any atom is 0.374 e. The number of rotatable bonds is 7. The molecule has 3 atom stereocenters. The van der Waals surface area contributed by atoms with Crippen molar-refractivity contribution in [3.05, 3.63) is 5.82 Å². The molecule has 2 unspecified atom stereocenters. The van der Waals surface area contributed by atoms with Crippen LogP contribution in [-0.4, -0.2) is 49.7 Å². The number of anilines is 2. The molecule has 2 aromatic rings. The Hall–Kier alpha value is -2.38. The topological polar surface area (TPSA) is 96.2 Å². The molecule has 2 N–H and O–H groups in total. The van der Waals surface area contributed by atoms with E-state index in [9.17, 15) is 9.90 Å². The Morgan fingerprint density at radius 1 is 0.973 bits per heavy atom. The van der Waals surface area contributed by atoms with Crippen molar-refractivity contribution in [3.8, 4) is 0 Å². The van der Waals surface area contributed by atoms with Crippen LogP contribution in [0.2, 0.25) is 0 Å². The van der Waals surface area contributed by atoms with Gasteiger partial charge in [0.15, 0.2) is 11.5 Å². The Morgan fingerprint density at radius 3 is 2.43 bits per heavy atom. The van der Waals surface area contributed by atoms with Gasteiger partial charge in [0.1, 0.15) is 5.52 Å². The Bertz CT molecular complexity index is 1120. The number of carboxylic acid groups (broad SMARTS) is 1. The van der Waals surface area contributed by atoms with Gasteiger partial charge in [-0.1, -0.05) is 45.4 Å². The number of aromatic carboxylic acids is 1. The molecule has 0 spiro atoms. The van der Waals surface area contributed by atoms with Gasteiger partial charge in [-0.3, -0.25) is 0 Å². The Morgan fingerprint density at radius 2 is 1.73 bits per heavy atom. The minimum Gasteiger partial charge on any atom is -0.475 e. The van der Waals surface area contributed by atoms with Crippen molar-refractivity contribution in [3.63, 3.8) is 0 Å². The molecule has 0 amide bonds. The number of carbonyl (C=O) groups is 1. The first-order chi connectivity index (χ1) is 18.0. The molecule has 2 aromatic heterocycles. The number of hydrogen-bond acceptors (Lipinski definition) is 6. The fourth-order valence-electron chi connectivity index (χ4n) is 7.46. The lowest BCUT2D eigenvalue weighted by molar-refractivity contribution is 0.0684. The zero-order valence-corrected chi connectivity index (χ0v) is 22.7. The summed E-state index contributed by atoms with van der Waals surface area (Å²) in [6.07, 6.45) is 15.4. The summed E-state index contributed by atoms with van der Waals surface area (Å²) in [5.74, 6) is 3.99. The van der Waals surface area contributed by atoms with Crippen LogP contribution >= 0.6 is 0 Å². The molecule has 3 saturated carbocycles. The molecule has 8 nitrogen and oxygen atoms in total. The van der Waals surface area contributed by atoms with Crippen LogP contribution in [0.4, 0.5) is 11.8 Å². The second-order valence-electron chi connectivity index (χ2n) is 12.7. The van der Waals surface area contributed by atoms with Crippen LogP contribution in [0.1, 0.15) is 102 Å². The van der Waals surface area contributed by atoms with Crippen LogP contribution < -0.4 is 10.2 Å². The van der Waals surface area contributed by atoms with E-state index in [0.717, 1.165) is 48.9 Å². The summed E-state index contributed by atoms with van der Waals surface area (Å²) in [6.45, 7) is 7.55. The van der Waals surface area contributed by atoms with E-state index in [1.165, 1.54) is 77.0 Å². The fourth-order valence-corrected chi connectivity index (χ4v) is 7.46. The van der Waals surface area contributed by atoms with Crippen LogP contribution in [0.15, 0.2) is 0 Å². The van der Waals surface area contributed by atoms with E-state index in [4.69, 9.17) is 4.98 Å². The Balaban J connectivity index is 1.40. The number of piperidine rings is 1. The number of imidazole rings is 1. The molecule has 0 aromatic carbocycles. The SMILES string of the molecule is C[C@@H](Nc1nc(C(=O)O)nc2nc(N3CCC4CCCCC4C3)n(C[C@H]3CC[C@H](C)CC3)c12)C1CCC1. The number of aromatic nitrogens is 4. The molecule has 3 heterocycles. The summed E-state index contributed by atoms with van der Waals surface area (Å²) in [5.41, 5.74) is 1.43. The molecule has 202 valence electrons. The van der Waals surface area contributed by atoms with Crippen molar-refractivity contribution in [2.24, 2.45) is 29.6 Å². The third-order valence-corrected chi connectivity index (χ3v) is 10.1. The Kier molecular flexibility index (Phi) is 7.01. The maximum absolute atomic E-state index is 12.0. The van der Waals surface area contributed by atoms with Crippen LogP contribution in [0.3, 0.4) is 0 Å². The number of fused-ring (bicyclic) bond motifs is 2. The van der Waals surface area contributed by atoms with Gasteiger partial charge < -0.3 is 19.9 Å². The van der Waals surface area contributed by atoms with Crippen molar-refractivity contribution in [1.82, 2.24) is 19.5 Å².